The van der Waals surface area contributed by atoms with Crippen molar-refractivity contribution in [2.24, 2.45) is 0 Å². The zero-order chi connectivity index (χ0) is 23.0. The van der Waals surface area contributed by atoms with E-state index in [1.165, 1.54) is 6.07 Å². The van der Waals surface area contributed by atoms with Gasteiger partial charge in [-0.15, -0.1) is 0 Å². The number of ether oxygens (including phenoxy) is 1. The molecule has 0 aliphatic heterocycles. The van der Waals surface area contributed by atoms with Gasteiger partial charge in [0.15, 0.2) is 11.0 Å². The van der Waals surface area contributed by atoms with E-state index in [1.807, 2.05) is 0 Å². The summed E-state index contributed by atoms with van der Waals surface area (Å²) in [4.78, 5) is 11.7. The fourth-order valence-electron chi connectivity index (χ4n) is 3.51. The SMILES string of the molecule is COC(=O)c1cc(Cc2ccc3c(c2)C[C@@H](NS(=O)C(F)(F)F)C3)cc(C(F)(F)F)c1. The first-order valence-electron chi connectivity index (χ1n) is 9.01. The van der Waals surface area contributed by atoms with Gasteiger partial charge in [-0.2, -0.15) is 26.3 Å². The predicted molar refractivity (Wildman–Crippen MR) is 101 cm³/mol. The quantitative estimate of drug-likeness (QED) is 0.529. The van der Waals surface area contributed by atoms with Crippen molar-refractivity contribution in [3.05, 3.63) is 69.8 Å². The molecule has 0 amide bonds. The van der Waals surface area contributed by atoms with Crippen LogP contribution in [-0.2, 0) is 41.2 Å². The summed E-state index contributed by atoms with van der Waals surface area (Å²) in [5.41, 5.74) is -3.69. The normalized spacial score (nSPS) is 17.3. The number of rotatable bonds is 5. The van der Waals surface area contributed by atoms with E-state index in [9.17, 15) is 35.3 Å². The van der Waals surface area contributed by atoms with Crippen LogP contribution >= 0.6 is 0 Å². The topological polar surface area (TPSA) is 55.4 Å². The maximum Gasteiger partial charge on any atom is 0.485 e. The second-order valence-electron chi connectivity index (χ2n) is 7.13. The minimum absolute atomic E-state index is 0.0772. The van der Waals surface area contributed by atoms with Crippen molar-refractivity contribution in [1.29, 1.82) is 0 Å². The van der Waals surface area contributed by atoms with Crippen molar-refractivity contribution < 1.29 is 40.1 Å². The first-order valence-corrected chi connectivity index (χ1v) is 10.2. The highest BCUT2D eigenvalue weighted by Gasteiger charge is 2.39. The van der Waals surface area contributed by atoms with Gasteiger partial charge in [-0.3, -0.25) is 0 Å². The molecule has 0 radical (unpaired) electrons. The van der Waals surface area contributed by atoms with E-state index in [-0.39, 0.29) is 30.4 Å². The minimum Gasteiger partial charge on any atom is -0.465 e. The number of halogens is 6. The Hall–Kier alpha value is -2.40. The van der Waals surface area contributed by atoms with Crippen molar-refractivity contribution >= 4 is 17.0 Å². The molecule has 0 fully saturated rings. The third-order valence-corrected chi connectivity index (χ3v) is 5.80. The number of fused-ring (bicyclic) bond motifs is 1. The minimum atomic E-state index is -4.86. The van der Waals surface area contributed by atoms with Gasteiger partial charge in [0, 0.05) is 6.04 Å². The van der Waals surface area contributed by atoms with Gasteiger partial charge in [0.1, 0.15) is 0 Å². The third-order valence-electron chi connectivity index (χ3n) is 4.84. The first-order chi connectivity index (χ1) is 14.4. The van der Waals surface area contributed by atoms with Gasteiger partial charge >= 0.3 is 17.7 Å². The number of methoxy groups -OCH3 is 1. The molecular formula is C20H17F6NO3S. The van der Waals surface area contributed by atoms with Crippen LogP contribution in [0, 0.1) is 0 Å². The molecule has 0 spiro atoms. The van der Waals surface area contributed by atoms with Crippen molar-refractivity contribution in [2.75, 3.05) is 7.11 Å². The molecule has 1 aliphatic rings. The predicted octanol–water partition coefficient (Wildman–Crippen LogP) is 4.32. The summed E-state index contributed by atoms with van der Waals surface area (Å²) < 4.78 is 94.9. The average molecular weight is 465 g/mol. The standard InChI is InChI=1S/C20H17F6NO3S/c1-30-18(28)15-6-12(7-16(8-15)19(21,22)23)4-11-2-3-13-9-17(10-14(13)5-11)27-31(29)20(24,25)26/h2-3,5-8,17,27H,4,9-10H2,1H3/t17-,31?/m0/s1. The smallest absolute Gasteiger partial charge is 0.465 e. The van der Waals surface area contributed by atoms with Crippen LogP contribution in [-0.4, -0.2) is 28.8 Å². The van der Waals surface area contributed by atoms with E-state index in [2.05, 4.69) is 9.46 Å². The van der Waals surface area contributed by atoms with Crippen LogP contribution in [0.5, 0.6) is 0 Å². The van der Waals surface area contributed by atoms with Gasteiger partial charge in [-0.1, -0.05) is 18.2 Å². The number of hydrogen-bond donors (Lipinski definition) is 1. The van der Waals surface area contributed by atoms with Crippen LogP contribution in [0.1, 0.15) is 38.2 Å². The maximum absolute atomic E-state index is 13.2. The molecule has 1 N–H and O–H groups in total. The van der Waals surface area contributed by atoms with E-state index in [1.54, 1.807) is 18.2 Å². The van der Waals surface area contributed by atoms with Crippen LogP contribution in [0.4, 0.5) is 26.3 Å². The molecule has 168 valence electrons. The van der Waals surface area contributed by atoms with Crippen molar-refractivity contribution in [3.8, 4) is 0 Å². The largest absolute Gasteiger partial charge is 0.485 e. The Kier molecular flexibility index (Phi) is 6.47. The summed E-state index contributed by atoms with van der Waals surface area (Å²) >= 11 is 0. The molecule has 4 nitrogen and oxygen atoms in total. The highest BCUT2D eigenvalue weighted by atomic mass is 32.2. The number of benzene rings is 2. The maximum atomic E-state index is 13.2. The van der Waals surface area contributed by atoms with Crippen LogP contribution in [0.25, 0.3) is 0 Å². The summed E-state index contributed by atoms with van der Waals surface area (Å²) in [6.45, 7) is 0. The Morgan fingerprint density at radius 3 is 2.32 bits per heavy atom. The Morgan fingerprint density at radius 2 is 1.71 bits per heavy atom. The van der Waals surface area contributed by atoms with E-state index in [4.69, 9.17) is 0 Å². The van der Waals surface area contributed by atoms with Crippen molar-refractivity contribution in [3.63, 3.8) is 0 Å². The van der Waals surface area contributed by atoms with E-state index in [0.717, 1.165) is 30.4 Å². The van der Waals surface area contributed by atoms with Crippen molar-refractivity contribution in [2.45, 2.75) is 37.0 Å². The molecule has 0 aromatic heterocycles. The number of nitrogens with one attached hydrogen (secondary N) is 1. The summed E-state index contributed by atoms with van der Waals surface area (Å²) in [6.07, 6.45) is -4.11. The lowest BCUT2D eigenvalue weighted by Crippen LogP contribution is -2.38. The Morgan fingerprint density at radius 1 is 1.03 bits per heavy atom. The molecule has 3 rings (SSSR count). The van der Waals surface area contributed by atoms with Gasteiger partial charge in [0.2, 0.25) is 0 Å². The van der Waals surface area contributed by atoms with Gasteiger partial charge in [0.25, 0.3) is 0 Å². The molecule has 2 atom stereocenters. The van der Waals surface area contributed by atoms with E-state index in [0.29, 0.717) is 5.56 Å². The highest BCUT2D eigenvalue weighted by molar-refractivity contribution is 7.83. The molecule has 0 heterocycles. The second-order valence-corrected chi connectivity index (χ2v) is 8.36. The molecule has 0 saturated carbocycles. The zero-order valence-electron chi connectivity index (χ0n) is 16.1. The average Bonchev–Trinajstić information content (AvgIpc) is 3.07. The fraction of sp³-hybridized carbons (Fsp3) is 0.350. The number of alkyl halides is 6. The van der Waals surface area contributed by atoms with Gasteiger partial charge in [0.05, 0.1) is 18.2 Å². The summed E-state index contributed by atoms with van der Waals surface area (Å²) in [6, 6.07) is 7.37. The fourth-order valence-corrected chi connectivity index (χ4v) is 4.12. The second kappa shape index (κ2) is 8.62. The Labute approximate surface area is 176 Å². The van der Waals surface area contributed by atoms with Crippen LogP contribution in [0.15, 0.2) is 36.4 Å². The molecule has 0 saturated heterocycles. The third kappa shape index (κ3) is 5.65. The highest BCUT2D eigenvalue weighted by Crippen LogP contribution is 2.32. The zero-order valence-corrected chi connectivity index (χ0v) is 16.9. The van der Waals surface area contributed by atoms with Crippen LogP contribution in [0.2, 0.25) is 0 Å². The number of hydrogen-bond acceptors (Lipinski definition) is 3. The van der Waals surface area contributed by atoms with Gasteiger partial charge in [-0.25, -0.2) is 13.7 Å². The number of carbonyl (C=O) groups excluding carboxylic acids is 1. The molecule has 31 heavy (non-hydrogen) atoms. The molecule has 11 heteroatoms. The summed E-state index contributed by atoms with van der Waals surface area (Å²) in [5.74, 6) is -0.895. The molecule has 1 unspecified atom stereocenters. The number of esters is 1. The van der Waals surface area contributed by atoms with Crippen LogP contribution < -0.4 is 4.72 Å². The first kappa shape index (κ1) is 23.3. The van der Waals surface area contributed by atoms with E-state index >= 15 is 0 Å². The summed E-state index contributed by atoms with van der Waals surface area (Å²) in [7, 11) is -2.10. The van der Waals surface area contributed by atoms with Crippen LogP contribution in [0.3, 0.4) is 0 Å². The monoisotopic (exact) mass is 465 g/mol. The molecule has 1 aliphatic carbocycles. The van der Waals surface area contributed by atoms with E-state index < -0.39 is 40.2 Å². The lowest BCUT2D eigenvalue weighted by Gasteiger charge is -2.12. The lowest BCUT2D eigenvalue weighted by atomic mass is 9.97. The molecule has 0 bridgehead atoms. The molecular weight excluding hydrogens is 448 g/mol. The van der Waals surface area contributed by atoms with Gasteiger partial charge < -0.3 is 4.74 Å². The van der Waals surface area contributed by atoms with Gasteiger partial charge in [-0.05, 0) is 59.7 Å². The van der Waals surface area contributed by atoms with Crippen molar-refractivity contribution in [1.82, 2.24) is 4.72 Å². The number of carbonyl (C=O) groups is 1. The molecule has 2 aromatic carbocycles. The Bertz CT molecular complexity index is 1020. The summed E-state index contributed by atoms with van der Waals surface area (Å²) in [5, 5.41) is 0. The molecule has 2 aromatic rings. The lowest BCUT2D eigenvalue weighted by molar-refractivity contribution is -0.137. The Balaban J connectivity index is 1.81.